The average molecular weight is 344 g/mol. The number of ether oxygens (including phenoxy) is 2. The fourth-order valence-electron chi connectivity index (χ4n) is 3.26. The van der Waals surface area contributed by atoms with E-state index in [2.05, 4.69) is 22.1 Å². The molecule has 2 amide bonds. The van der Waals surface area contributed by atoms with Crippen molar-refractivity contribution < 1.29 is 14.3 Å². The Morgan fingerprint density at radius 2 is 2.04 bits per heavy atom. The summed E-state index contributed by atoms with van der Waals surface area (Å²) < 4.78 is 11.3. The Bertz CT molecular complexity index is 717. The van der Waals surface area contributed by atoms with E-state index in [1.807, 2.05) is 23.1 Å². The molecular weight excluding hydrogens is 324 g/mol. The standard InChI is InChI=1S/C18H20N2O3S/c21-18(20-7-1-3-15(20)13-6-10-24-12-13)19-14-4-5-16-17(11-14)23-9-2-8-22-16/h4-6,10-12,15H,1-3,7-9H2,(H,19,21)/t15-/m0/s1. The average Bonchev–Trinajstić information content (AvgIpc) is 3.22. The molecule has 1 aromatic carbocycles. The van der Waals surface area contributed by atoms with E-state index < -0.39 is 0 Å². The molecule has 1 saturated heterocycles. The van der Waals surface area contributed by atoms with Gasteiger partial charge in [0.15, 0.2) is 11.5 Å². The van der Waals surface area contributed by atoms with Crippen LogP contribution >= 0.6 is 11.3 Å². The molecule has 0 radical (unpaired) electrons. The number of rotatable bonds is 2. The second-order valence-corrected chi connectivity index (χ2v) is 6.83. The van der Waals surface area contributed by atoms with Gasteiger partial charge in [0.1, 0.15) is 0 Å². The molecule has 24 heavy (non-hydrogen) atoms. The first-order chi connectivity index (χ1) is 11.8. The van der Waals surface area contributed by atoms with Crippen LogP contribution in [0, 0.1) is 0 Å². The lowest BCUT2D eigenvalue weighted by atomic mass is 10.1. The first-order valence-corrected chi connectivity index (χ1v) is 9.25. The van der Waals surface area contributed by atoms with Gasteiger partial charge in [0.05, 0.1) is 19.3 Å². The van der Waals surface area contributed by atoms with Gasteiger partial charge in [-0.25, -0.2) is 4.79 Å². The lowest BCUT2D eigenvalue weighted by molar-refractivity contribution is 0.207. The number of carbonyl (C=O) groups excluding carboxylic acids is 1. The summed E-state index contributed by atoms with van der Waals surface area (Å²) in [6, 6.07) is 7.79. The van der Waals surface area contributed by atoms with Gasteiger partial charge in [-0.1, -0.05) is 0 Å². The van der Waals surface area contributed by atoms with Gasteiger partial charge >= 0.3 is 6.03 Å². The van der Waals surface area contributed by atoms with Gasteiger partial charge in [-0.3, -0.25) is 0 Å². The number of nitrogens with one attached hydrogen (secondary N) is 1. The van der Waals surface area contributed by atoms with Crippen molar-refractivity contribution in [2.24, 2.45) is 0 Å². The maximum absolute atomic E-state index is 12.7. The fraction of sp³-hybridized carbons (Fsp3) is 0.389. The highest BCUT2D eigenvalue weighted by Gasteiger charge is 2.30. The van der Waals surface area contributed by atoms with Crippen molar-refractivity contribution in [3.63, 3.8) is 0 Å². The smallest absolute Gasteiger partial charge is 0.322 e. The Labute approximate surface area is 145 Å². The lowest BCUT2D eigenvalue weighted by Gasteiger charge is -2.24. The van der Waals surface area contributed by atoms with E-state index in [0.29, 0.717) is 19.0 Å². The topological polar surface area (TPSA) is 50.8 Å². The van der Waals surface area contributed by atoms with Gasteiger partial charge in [0.25, 0.3) is 0 Å². The minimum Gasteiger partial charge on any atom is -0.490 e. The van der Waals surface area contributed by atoms with Gasteiger partial charge in [0, 0.05) is 24.7 Å². The van der Waals surface area contributed by atoms with Crippen molar-refractivity contribution >= 4 is 23.1 Å². The minimum absolute atomic E-state index is 0.0572. The molecule has 3 heterocycles. The van der Waals surface area contributed by atoms with Crippen LogP contribution in [0.25, 0.3) is 0 Å². The highest BCUT2D eigenvalue weighted by molar-refractivity contribution is 7.08. The molecule has 1 aromatic heterocycles. The summed E-state index contributed by atoms with van der Waals surface area (Å²) in [7, 11) is 0. The number of thiophene rings is 1. The zero-order chi connectivity index (χ0) is 16.4. The third-order valence-electron chi connectivity index (χ3n) is 4.44. The van der Waals surface area contributed by atoms with Crippen LogP contribution in [0.5, 0.6) is 11.5 Å². The summed E-state index contributed by atoms with van der Waals surface area (Å²) in [6.45, 7) is 2.09. The molecule has 1 fully saturated rings. The monoisotopic (exact) mass is 344 g/mol. The molecule has 0 aliphatic carbocycles. The Hall–Kier alpha value is -2.21. The quantitative estimate of drug-likeness (QED) is 0.885. The molecule has 0 bridgehead atoms. The molecule has 2 aromatic rings. The summed E-state index contributed by atoms with van der Waals surface area (Å²) in [5.74, 6) is 1.43. The molecule has 1 N–H and O–H groups in total. The lowest BCUT2D eigenvalue weighted by Crippen LogP contribution is -2.34. The van der Waals surface area contributed by atoms with Crippen LogP contribution in [0.4, 0.5) is 10.5 Å². The Morgan fingerprint density at radius 1 is 1.17 bits per heavy atom. The Balaban J connectivity index is 1.48. The first kappa shape index (κ1) is 15.3. The number of hydrogen-bond donors (Lipinski definition) is 1. The van der Waals surface area contributed by atoms with Crippen LogP contribution in [0.1, 0.15) is 30.9 Å². The zero-order valence-corrected chi connectivity index (χ0v) is 14.2. The van der Waals surface area contributed by atoms with Crippen LogP contribution in [0.2, 0.25) is 0 Å². The minimum atomic E-state index is -0.0572. The predicted octanol–water partition coefficient (Wildman–Crippen LogP) is 4.28. The van der Waals surface area contributed by atoms with Crippen LogP contribution in [-0.2, 0) is 0 Å². The van der Waals surface area contributed by atoms with Crippen molar-refractivity contribution in [3.05, 3.63) is 40.6 Å². The molecule has 5 nitrogen and oxygen atoms in total. The van der Waals surface area contributed by atoms with Gasteiger partial charge in [0.2, 0.25) is 0 Å². The largest absolute Gasteiger partial charge is 0.490 e. The summed E-state index contributed by atoms with van der Waals surface area (Å²) in [5, 5.41) is 7.19. The summed E-state index contributed by atoms with van der Waals surface area (Å²) in [6.07, 6.45) is 2.92. The number of amides is 2. The number of fused-ring (bicyclic) bond motifs is 1. The van der Waals surface area contributed by atoms with E-state index in [1.165, 1.54) is 5.56 Å². The molecule has 126 valence electrons. The van der Waals surface area contributed by atoms with E-state index in [9.17, 15) is 4.79 Å². The van der Waals surface area contributed by atoms with E-state index in [1.54, 1.807) is 11.3 Å². The number of carbonyl (C=O) groups is 1. The number of hydrogen-bond acceptors (Lipinski definition) is 4. The molecule has 2 aliphatic heterocycles. The van der Waals surface area contributed by atoms with Crippen LogP contribution in [-0.4, -0.2) is 30.7 Å². The van der Waals surface area contributed by atoms with Gasteiger partial charge in [-0.05, 0) is 47.4 Å². The van der Waals surface area contributed by atoms with Crippen molar-refractivity contribution in [3.8, 4) is 11.5 Å². The normalized spacial score (nSPS) is 19.8. The molecular formula is C18H20N2O3S. The summed E-state index contributed by atoms with van der Waals surface area (Å²) in [4.78, 5) is 14.6. The van der Waals surface area contributed by atoms with Crippen molar-refractivity contribution in [1.29, 1.82) is 0 Å². The molecule has 4 rings (SSSR count). The second-order valence-electron chi connectivity index (χ2n) is 6.05. The first-order valence-electron chi connectivity index (χ1n) is 8.30. The van der Waals surface area contributed by atoms with Crippen LogP contribution in [0.3, 0.4) is 0 Å². The molecule has 0 saturated carbocycles. The van der Waals surface area contributed by atoms with Crippen LogP contribution < -0.4 is 14.8 Å². The predicted molar refractivity (Wildman–Crippen MR) is 94.1 cm³/mol. The molecule has 0 unspecified atom stereocenters. The fourth-order valence-corrected chi connectivity index (χ4v) is 3.96. The van der Waals surface area contributed by atoms with Crippen molar-refractivity contribution in [2.75, 3.05) is 25.1 Å². The van der Waals surface area contributed by atoms with Crippen molar-refractivity contribution in [1.82, 2.24) is 4.90 Å². The molecule has 0 spiro atoms. The third kappa shape index (κ3) is 3.06. The maximum Gasteiger partial charge on any atom is 0.322 e. The van der Waals surface area contributed by atoms with Gasteiger partial charge < -0.3 is 19.7 Å². The van der Waals surface area contributed by atoms with Crippen molar-refractivity contribution in [2.45, 2.75) is 25.3 Å². The number of anilines is 1. The van der Waals surface area contributed by atoms with Crippen LogP contribution in [0.15, 0.2) is 35.0 Å². The van der Waals surface area contributed by atoms with E-state index >= 15 is 0 Å². The van der Waals surface area contributed by atoms with Gasteiger partial charge in [-0.2, -0.15) is 11.3 Å². The van der Waals surface area contributed by atoms with E-state index in [0.717, 1.165) is 37.2 Å². The SMILES string of the molecule is O=C(Nc1ccc2c(c1)OCCCO2)N1CCC[C@H]1c1ccsc1. The van der Waals surface area contributed by atoms with E-state index in [4.69, 9.17) is 9.47 Å². The second kappa shape index (κ2) is 6.73. The molecule has 6 heteroatoms. The Kier molecular flexibility index (Phi) is 4.30. The number of benzene rings is 1. The maximum atomic E-state index is 12.7. The summed E-state index contributed by atoms with van der Waals surface area (Å²) in [5.41, 5.74) is 1.96. The number of likely N-dealkylation sites (tertiary alicyclic amines) is 1. The number of urea groups is 1. The highest BCUT2D eigenvalue weighted by Crippen LogP contribution is 2.35. The molecule has 2 aliphatic rings. The van der Waals surface area contributed by atoms with E-state index in [-0.39, 0.29) is 12.1 Å². The summed E-state index contributed by atoms with van der Waals surface area (Å²) >= 11 is 1.67. The molecule has 1 atom stereocenters. The Morgan fingerprint density at radius 3 is 2.88 bits per heavy atom. The highest BCUT2D eigenvalue weighted by atomic mass is 32.1. The zero-order valence-electron chi connectivity index (χ0n) is 13.4. The van der Waals surface area contributed by atoms with Gasteiger partial charge in [-0.15, -0.1) is 0 Å². The number of nitrogens with zero attached hydrogens (tertiary/aromatic N) is 1. The third-order valence-corrected chi connectivity index (χ3v) is 5.14.